The molecule has 3 aliphatic rings. The second kappa shape index (κ2) is 7.37. The third kappa shape index (κ3) is 3.12. The van der Waals surface area contributed by atoms with Crippen molar-refractivity contribution in [1.82, 2.24) is 9.80 Å². The van der Waals surface area contributed by atoms with Crippen molar-refractivity contribution in [2.24, 2.45) is 0 Å². The molecule has 2 amide bonds. The van der Waals surface area contributed by atoms with Gasteiger partial charge in [-0.25, -0.2) is 13.2 Å². The standard InChI is InChI=1S/C23H21F3N2O3/c24-15-6-7-17(25)16(12-15)21(29)27-11-10-23(19(26)13-27)22(30)28-18(8-9-20(28)31-23)14-4-2-1-3-5-14/h1-7,12,18-20H,8-11,13H2. The molecule has 0 aromatic heterocycles. The van der Waals surface area contributed by atoms with Gasteiger partial charge in [-0.3, -0.25) is 9.59 Å². The number of hydrogen-bond acceptors (Lipinski definition) is 3. The second-order valence-electron chi connectivity index (χ2n) is 8.27. The van der Waals surface area contributed by atoms with E-state index in [0.717, 1.165) is 35.1 Å². The van der Waals surface area contributed by atoms with E-state index in [0.29, 0.717) is 6.42 Å². The van der Waals surface area contributed by atoms with Crippen molar-refractivity contribution in [3.63, 3.8) is 0 Å². The Labute approximate surface area is 177 Å². The van der Waals surface area contributed by atoms with Crippen LogP contribution in [0.15, 0.2) is 48.5 Å². The number of carbonyl (C=O) groups is 2. The molecule has 2 aromatic rings. The second-order valence-corrected chi connectivity index (χ2v) is 8.27. The Hall–Kier alpha value is -2.87. The van der Waals surface area contributed by atoms with E-state index in [4.69, 9.17) is 4.74 Å². The van der Waals surface area contributed by atoms with Gasteiger partial charge in [-0.05, 0) is 36.6 Å². The molecular weight excluding hydrogens is 409 g/mol. The number of fused-ring (bicyclic) bond motifs is 1. The molecule has 162 valence electrons. The maximum atomic E-state index is 15.4. The van der Waals surface area contributed by atoms with Crippen molar-refractivity contribution < 1.29 is 27.5 Å². The number of piperidine rings is 1. The molecule has 3 heterocycles. The minimum Gasteiger partial charge on any atom is -0.339 e. The summed E-state index contributed by atoms with van der Waals surface area (Å²) in [4.78, 5) is 28.7. The fraction of sp³-hybridized carbons (Fsp3) is 0.391. The van der Waals surface area contributed by atoms with Crippen LogP contribution in [0.2, 0.25) is 0 Å². The first-order valence-corrected chi connectivity index (χ1v) is 10.3. The molecule has 3 saturated heterocycles. The number of rotatable bonds is 2. The highest BCUT2D eigenvalue weighted by molar-refractivity contribution is 5.95. The summed E-state index contributed by atoms with van der Waals surface area (Å²) in [7, 11) is 0. The molecule has 0 aliphatic carbocycles. The fourth-order valence-corrected chi connectivity index (χ4v) is 4.96. The van der Waals surface area contributed by atoms with Gasteiger partial charge in [0, 0.05) is 13.0 Å². The van der Waals surface area contributed by atoms with Crippen LogP contribution in [0.4, 0.5) is 13.2 Å². The van der Waals surface area contributed by atoms with E-state index in [1.807, 2.05) is 30.3 Å². The number of carbonyl (C=O) groups excluding carboxylic acids is 2. The zero-order valence-electron chi connectivity index (χ0n) is 16.6. The predicted molar refractivity (Wildman–Crippen MR) is 105 cm³/mol. The average Bonchev–Trinajstić information content (AvgIpc) is 3.30. The summed E-state index contributed by atoms with van der Waals surface area (Å²) in [5.41, 5.74) is -1.12. The summed E-state index contributed by atoms with van der Waals surface area (Å²) in [6.07, 6.45) is -0.965. The Morgan fingerprint density at radius 2 is 1.87 bits per heavy atom. The van der Waals surface area contributed by atoms with E-state index in [1.165, 1.54) is 0 Å². The Balaban J connectivity index is 1.35. The van der Waals surface area contributed by atoms with E-state index < -0.39 is 53.6 Å². The number of nitrogens with zero attached hydrogens (tertiary/aromatic N) is 2. The predicted octanol–water partition coefficient (Wildman–Crippen LogP) is 3.61. The van der Waals surface area contributed by atoms with Gasteiger partial charge in [0.15, 0.2) is 11.8 Å². The quantitative estimate of drug-likeness (QED) is 0.732. The van der Waals surface area contributed by atoms with Gasteiger partial charge in [-0.1, -0.05) is 30.3 Å². The SMILES string of the molecule is O=C(c1cc(F)ccc1F)N1CCC2(OC3CCC(c4ccccc4)N3C2=O)C(F)C1. The summed E-state index contributed by atoms with van der Waals surface area (Å²) < 4.78 is 48.9. The van der Waals surface area contributed by atoms with Gasteiger partial charge in [0.2, 0.25) is 0 Å². The van der Waals surface area contributed by atoms with E-state index in [9.17, 15) is 18.4 Å². The zero-order valence-corrected chi connectivity index (χ0v) is 16.6. The van der Waals surface area contributed by atoms with E-state index in [2.05, 4.69) is 0 Å². The van der Waals surface area contributed by atoms with Crippen molar-refractivity contribution >= 4 is 11.8 Å². The van der Waals surface area contributed by atoms with Crippen LogP contribution in [0.25, 0.3) is 0 Å². The van der Waals surface area contributed by atoms with Crippen LogP contribution in [0.3, 0.4) is 0 Å². The van der Waals surface area contributed by atoms with Crippen molar-refractivity contribution in [3.05, 3.63) is 71.3 Å². The normalized spacial score (nSPS) is 30.2. The molecule has 3 aliphatic heterocycles. The number of benzene rings is 2. The van der Waals surface area contributed by atoms with Crippen molar-refractivity contribution in [2.75, 3.05) is 13.1 Å². The van der Waals surface area contributed by atoms with Crippen LogP contribution in [-0.4, -0.2) is 52.7 Å². The maximum Gasteiger partial charge on any atom is 0.260 e. The molecule has 3 fully saturated rings. The number of alkyl halides is 1. The summed E-state index contributed by atoms with van der Waals surface area (Å²) in [5.74, 6) is -2.83. The zero-order chi connectivity index (χ0) is 21.8. The maximum absolute atomic E-state index is 15.4. The highest BCUT2D eigenvalue weighted by atomic mass is 19.1. The lowest BCUT2D eigenvalue weighted by molar-refractivity contribution is -0.153. The first-order chi connectivity index (χ1) is 14.9. The third-order valence-electron chi connectivity index (χ3n) is 6.55. The molecule has 31 heavy (non-hydrogen) atoms. The highest BCUT2D eigenvalue weighted by Gasteiger charge is 2.62. The lowest BCUT2D eigenvalue weighted by Gasteiger charge is -2.40. The van der Waals surface area contributed by atoms with Gasteiger partial charge in [0.05, 0.1) is 18.2 Å². The summed E-state index contributed by atoms with van der Waals surface area (Å²) in [6.45, 7) is -0.408. The summed E-state index contributed by atoms with van der Waals surface area (Å²) in [5, 5.41) is 0. The van der Waals surface area contributed by atoms with Crippen LogP contribution in [0.5, 0.6) is 0 Å². The topological polar surface area (TPSA) is 49.9 Å². The fourth-order valence-electron chi connectivity index (χ4n) is 4.96. The molecule has 5 rings (SSSR count). The Morgan fingerprint density at radius 1 is 1.10 bits per heavy atom. The Kier molecular flexibility index (Phi) is 4.77. The van der Waals surface area contributed by atoms with Gasteiger partial charge in [-0.15, -0.1) is 0 Å². The average molecular weight is 430 g/mol. The smallest absolute Gasteiger partial charge is 0.260 e. The molecule has 0 saturated carbocycles. The largest absolute Gasteiger partial charge is 0.339 e. The first kappa shape index (κ1) is 20.1. The van der Waals surface area contributed by atoms with E-state index >= 15 is 4.39 Å². The molecule has 4 atom stereocenters. The molecule has 4 unspecified atom stereocenters. The van der Waals surface area contributed by atoms with Crippen LogP contribution in [-0.2, 0) is 9.53 Å². The molecule has 0 bridgehead atoms. The van der Waals surface area contributed by atoms with E-state index in [1.54, 1.807) is 4.90 Å². The molecule has 5 nitrogen and oxygen atoms in total. The van der Waals surface area contributed by atoms with Gasteiger partial charge >= 0.3 is 0 Å². The molecule has 0 radical (unpaired) electrons. The number of halogens is 3. The highest BCUT2D eigenvalue weighted by Crippen LogP contribution is 2.48. The lowest BCUT2D eigenvalue weighted by atomic mass is 9.87. The van der Waals surface area contributed by atoms with Crippen LogP contribution in [0.1, 0.15) is 41.2 Å². The number of likely N-dealkylation sites (tertiary alicyclic amines) is 1. The molecule has 0 N–H and O–H groups in total. The van der Waals surface area contributed by atoms with Gasteiger partial charge in [0.25, 0.3) is 11.8 Å². The minimum atomic E-state index is -1.77. The molecular formula is C23H21F3N2O3. The van der Waals surface area contributed by atoms with Gasteiger partial charge in [0.1, 0.15) is 17.9 Å². The first-order valence-electron chi connectivity index (χ1n) is 10.3. The third-order valence-corrected chi connectivity index (χ3v) is 6.55. The Morgan fingerprint density at radius 3 is 2.61 bits per heavy atom. The van der Waals surface area contributed by atoms with Gasteiger partial charge < -0.3 is 14.5 Å². The molecule has 2 aromatic carbocycles. The van der Waals surface area contributed by atoms with Gasteiger partial charge in [-0.2, -0.15) is 0 Å². The minimum absolute atomic E-state index is 0.0114. The number of amides is 2. The van der Waals surface area contributed by atoms with E-state index in [-0.39, 0.29) is 19.0 Å². The van der Waals surface area contributed by atoms with Crippen molar-refractivity contribution in [1.29, 1.82) is 0 Å². The van der Waals surface area contributed by atoms with Crippen molar-refractivity contribution in [3.8, 4) is 0 Å². The lowest BCUT2D eigenvalue weighted by Crippen LogP contribution is -2.59. The molecule has 1 spiro atoms. The van der Waals surface area contributed by atoms with Crippen LogP contribution < -0.4 is 0 Å². The summed E-state index contributed by atoms with van der Waals surface area (Å²) in [6, 6.07) is 12.0. The number of ether oxygens (including phenoxy) is 1. The van der Waals surface area contributed by atoms with Crippen LogP contribution >= 0.6 is 0 Å². The monoisotopic (exact) mass is 430 g/mol. The van der Waals surface area contributed by atoms with Crippen molar-refractivity contribution in [2.45, 2.75) is 43.3 Å². The summed E-state index contributed by atoms with van der Waals surface area (Å²) >= 11 is 0. The number of hydrogen-bond donors (Lipinski definition) is 0. The van der Waals surface area contributed by atoms with Crippen LogP contribution in [0, 0.1) is 11.6 Å². The molecule has 8 heteroatoms. The Bertz CT molecular complexity index is 1030.